The highest BCUT2D eigenvalue weighted by molar-refractivity contribution is 7.90. The van der Waals surface area contributed by atoms with Crippen LogP contribution in [0.15, 0.2) is 0 Å². The Hall–Kier alpha value is -1.15. The Morgan fingerprint density at radius 2 is 2.00 bits per heavy atom. The van der Waals surface area contributed by atoms with E-state index in [-0.39, 0.29) is 18.6 Å². The number of carbonyl (C=O) groups excluding carboxylic acids is 1. The summed E-state index contributed by atoms with van der Waals surface area (Å²) in [7, 11) is -3.25. The summed E-state index contributed by atoms with van der Waals surface area (Å²) in [5, 5.41) is 11.2. The van der Waals surface area contributed by atoms with Crippen LogP contribution in [0.3, 0.4) is 0 Å². The molecule has 8 heteroatoms. The summed E-state index contributed by atoms with van der Waals surface area (Å²) in [6, 6.07) is -1.17. The van der Waals surface area contributed by atoms with Crippen molar-refractivity contribution < 1.29 is 27.9 Å². The molecule has 0 heterocycles. The summed E-state index contributed by atoms with van der Waals surface area (Å²) in [6.07, 6.45) is 1.54. The van der Waals surface area contributed by atoms with Gasteiger partial charge in [-0.1, -0.05) is 0 Å². The van der Waals surface area contributed by atoms with E-state index in [9.17, 15) is 18.0 Å². The molecule has 0 saturated heterocycles. The first-order valence-electron chi connectivity index (χ1n) is 6.04. The highest BCUT2D eigenvalue weighted by atomic mass is 32.2. The van der Waals surface area contributed by atoms with Gasteiger partial charge in [-0.15, -0.1) is 0 Å². The van der Waals surface area contributed by atoms with Gasteiger partial charge in [0.2, 0.25) is 5.91 Å². The number of hydrogen-bond donors (Lipinski definition) is 2. The van der Waals surface area contributed by atoms with Gasteiger partial charge >= 0.3 is 5.97 Å². The van der Waals surface area contributed by atoms with E-state index in [4.69, 9.17) is 9.84 Å². The summed E-state index contributed by atoms with van der Waals surface area (Å²) < 4.78 is 27.0. The van der Waals surface area contributed by atoms with E-state index in [1.54, 1.807) is 0 Å². The third-order valence-corrected chi connectivity index (χ3v) is 3.28. The van der Waals surface area contributed by atoms with Gasteiger partial charge in [0, 0.05) is 25.9 Å². The molecule has 19 heavy (non-hydrogen) atoms. The van der Waals surface area contributed by atoms with Crippen LogP contribution < -0.4 is 5.32 Å². The number of ether oxygens (including phenoxy) is 1. The predicted molar refractivity (Wildman–Crippen MR) is 69.6 cm³/mol. The van der Waals surface area contributed by atoms with Crippen molar-refractivity contribution in [1.29, 1.82) is 0 Å². The van der Waals surface area contributed by atoms with Crippen LogP contribution >= 0.6 is 0 Å². The van der Waals surface area contributed by atoms with Crippen molar-refractivity contribution >= 4 is 21.7 Å². The second-order valence-electron chi connectivity index (χ2n) is 4.18. The van der Waals surface area contributed by atoms with Crippen LogP contribution in [0, 0.1) is 0 Å². The zero-order valence-corrected chi connectivity index (χ0v) is 12.0. The van der Waals surface area contributed by atoms with Crippen LogP contribution in [0.2, 0.25) is 0 Å². The largest absolute Gasteiger partial charge is 0.480 e. The first-order valence-corrected chi connectivity index (χ1v) is 8.10. The number of carboxylic acids is 1. The van der Waals surface area contributed by atoms with Crippen LogP contribution in [0.5, 0.6) is 0 Å². The second kappa shape index (κ2) is 8.87. The van der Waals surface area contributed by atoms with Crippen LogP contribution in [0.1, 0.15) is 26.2 Å². The van der Waals surface area contributed by atoms with Gasteiger partial charge in [-0.3, -0.25) is 4.79 Å². The Bertz CT molecular complexity index is 392. The lowest BCUT2D eigenvalue weighted by Crippen LogP contribution is -2.41. The van der Waals surface area contributed by atoms with E-state index in [1.807, 2.05) is 6.92 Å². The number of aliphatic carboxylic acids is 1. The fourth-order valence-corrected chi connectivity index (χ4v) is 2.00. The molecular formula is C11H21NO6S. The van der Waals surface area contributed by atoms with Crippen molar-refractivity contribution in [3.05, 3.63) is 0 Å². The summed E-state index contributed by atoms with van der Waals surface area (Å²) in [4.78, 5) is 22.4. The number of carbonyl (C=O) groups is 2. The summed E-state index contributed by atoms with van der Waals surface area (Å²) in [5.74, 6) is -1.93. The van der Waals surface area contributed by atoms with Crippen molar-refractivity contribution in [3.63, 3.8) is 0 Å². The van der Waals surface area contributed by atoms with Gasteiger partial charge < -0.3 is 15.2 Å². The molecule has 0 saturated carbocycles. The van der Waals surface area contributed by atoms with Gasteiger partial charge in [0.25, 0.3) is 0 Å². The third-order valence-electron chi connectivity index (χ3n) is 2.31. The maximum atomic E-state index is 11.5. The molecule has 112 valence electrons. The molecule has 0 aliphatic carbocycles. The zero-order valence-electron chi connectivity index (χ0n) is 11.2. The van der Waals surface area contributed by atoms with E-state index in [0.717, 1.165) is 6.26 Å². The SMILES string of the molecule is CCOCCCC(=O)NC(CCS(C)(=O)=O)C(=O)O. The topological polar surface area (TPSA) is 110 Å². The minimum atomic E-state index is -3.25. The monoisotopic (exact) mass is 295 g/mol. The molecule has 0 aliphatic heterocycles. The van der Waals surface area contributed by atoms with Crippen LogP contribution in [0.4, 0.5) is 0 Å². The van der Waals surface area contributed by atoms with Gasteiger partial charge in [0.1, 0.15) is 15.9 Å². The second-order valence-corrected chi connectivity index (χ2v) is 6.44. The van der Waals surface area contributed by atoms with Gasteiger partial charge in [-0.05, 0) is 19.8 Å². The molecule has 2 N–H and O–H groups in total. The molecule has 0 aliphatic rings. The van der Waals surface area contributed by atoms with E-state index >= 15 is 0 Å². The van der Waals surface area contributed by atoms with E-state index in [0.29, 0.717) is 19.6 Å². The Balaban J connectivity index is 4.12. The van der Waals surface area contributed by atoms with Gasteiger partial charge in [-0.25, -0.2) is 13.2 Å². The average molecular weight is 295 g/mol. The normalized spacial score (nSPS) is 12.9. The Kier molecular flexibility index (Phi) is 8.33. The molecule has 1 amide bonds. The van der Waals surface area contributed by atoms with E-state index in [1.165, 1.54) is 0 Å². The highest BCUT2D eigenvalue weighted by Gasteiger charge is 2.21. The standard InChI is InChI=1S/C11H21NO6S/c1-3-18-7-4-5-10(13)12-9(11(14)15)6-8-19(2,16)17/h9H,3-8H2,1-2H3,(H,12,13)(H,14,15). The maximum Gasteiger partial charge on any atom is 0.326 e. The lowest BCUT2D eigenvalue weighted by molar-refractivity contribution is -0.141. The van der Waals surface area contributed by atoms with Crippen molar-refractivity contribution in [2.45, 2.75) is 32.2 Å². The Morgan fingerprint density at radius 1 is 1.37 bits per heavy atom. The van der Waals surface area contributed by atoms with Gasteiger partial charge in [0.05, 0.1) is 5.75 Å². The minimum absolute atomic E-state index is 0.134. The van der Waals surface area contributed by atoms with E-state index in [2.05, 4.69) is 5.32 Å². The first kappa shape index (κ1) is 17.8. The minimum Gasteiger partial charge on any atom is -0.480 e. The Labute approximate surface area is 113 Å². The van der Waals surface area contributed by atoms with E-state index < -0.39 is 27.8 Å². The van der Waals surface area contributed by atoms with Crippen LogP contribution in [0.25, 0.3) is 0 Å². The van der Waals surface area contributed by atoms with Crippen molar-refractivity contribution in [3.8, 4) is 0 Å². The number of rotatable bonds is 10. The van der Waals surface area contributed by atoms with Gasteiger partial charge in [-0.2, -0.15) is 0 Å². The van der Waals surface area contributed by atoms with Crippen molar-refractivity contribution in [2.75, 3.05) is 25.2 Å². The molecule has 0 aromatic rings. The number of amides is 1. The molecule has 0 radical (unpaired) electrons. The third kappa shape index (κ3) is 10.5. The van der Waals surface area contributed by atoms with Crippen LogP contribution in [-0.2, 0) is 24.2 Å². The molecule has 0 spiro atoms. The highest BCUT2D eigenvalue weighted by Crippen LogP contribution is 1.99. The molecule has 0 fully saturated rings. The molecule has 0 bridgehead atoms. The molecule has 0 aromatic carbocycles. The van der Waals surface area contributed by atoms with Crippen molar-refractivity contribution in [1.82, 2.24) is 5.32 Å². The number of nitrogens with one attached hydrogen (secondary N) is 1. The molecule has 0 rings (SSSR count). The molecular weight excluding hydrogens is 274 g/mol. The van der Waals surface area contributed by atoms with Crippen LogP contribution in [-0.4, -0.2) is 56.7 Å². The lowest BCUT2D eigenvalue weighted by atomic mass is 10.2. The quantitative estimate of drug-likeness (QED) is 0.540. The maximum absolute atomic E-state index is 11.5. The smallest absolute Gasteiger partial charge is 0.326 e. The molecule has 7 nitrogen and oxygen atoms in total. The average Bonchev–Trinajstić information content (AvgIpc) is 2.28. The fraction of sp³-hybridized carbons (Fsp3) is 0.818. The number of hydrogen-bond acceptors (Lipinski definition) is 5. The number of sulfone groups is 1. The molecule has 1 atom stereocenters. The summed E-state index contributed by atoms with van der Waals surface area (Å²) >= 11 is 0. The summed E-state index contributed by atoms with van der Waals surface area (Å²) in [5.41, 5.74) is 0. The number of carboxylic acid groups (broad SMARTS) is 1. The molecule has 1 unspecified atom stereocenters. The predicted octanol–water partition coefficient (Wildman–Crippen LogP) is -0.193. The molecule has 0 aromatic heterocycles. The Morgan fingerprint density at radius 3 is 2.47 bits per heavy atom. The van der Waals surface area contributed by atoms with Crippen molar-refractivity contribution in [2.24, 2.45) is 0 Å². The zero-order chi connectivity index (χ0) is 14.9. The lowest BCUT2D eigenvalue weighted by Gasteiger charge is -2.13. The fourth-order valence-electron chi connectivity index (χ4n) is 1.33. The van der Waals surface area contributed by atoms with Gasteiger partial charge in [0.15, 0.2) is 0 Å². The first-order chi connectivity index (χ1) is 8.76. The summed E-state index contributed by atoms with van der Waals surface area (Å²) in [6.45, 7) is 2.84.